The first-order valence-corrected chi connectivity index (χ1v) is 9.53. The smallest absolute Gasteiger partial charge is 0.416 e. The third kappa shape index (κ3) is 7.60. The molecule has 0 spiro atoms. The lowest BCUT2D eigenvalue weighted by atomic mass is 10.0. The molecule has 0 aliphatic rings. The summed E-state index contributed by atoms with van der Waals surface area (Å²) in [6.07, 6.45) is -5.93. The van der Waals surface area contributed by atoms with E-state index in [1.807, 2.05) is 0 Å². The summed E-state index contributed by atoms with van der Waals surface area (Å²) in [6.45, 7) is 2.63. The minimum atomic E-state index is -4.49. The lowest BCUT2D eigenvalue weighted by Gasteiger charge is -2.19. The van der Waals surface area contributed by atoms with E-state index < -0.39 is 35.8 Å². The lowest BCUT2D eigenvalue weighted by Crippen LogP contribution is -2.33. The molecule has 0 aliphatic carbocycles. The zero-order valence-electron chi connectivity index (χ0n) is 16.6. The summed E-state index contributed by atoms with van der Waals surface area (Å²) < 4.78 is 42.9. The van der Waals surface area contributed by atoms with Gasteiger partial charge in [0.05, 0.1) is 18.0 Å². The molecule has 0 bridgehead atoms. The highest BCUT2D eigenvalue weighted by molar-refractivity contribution is 6.30. The molecule has 0 saturated carbocycles. The van der Waals surface area contributed by atoms with Gasteiger partial charge < -0.3 is 15.4 Å². The predicted molar refractivity (Wildman–Crippen MR) is 108 cm³/mol. The van der Waals surface area contributed by atoms with Gasteiger partial charge in [-0.05, 0) is 48.9 Å². The zero-order chi connectivity index (χ0) is 23.2. The van der Waals surface area contributed by atoms with Gasteiger partial charge >= 0.3 is 12.1 Å². The zero-order valence-corrected chi connectivity index (χ0v) is 17.4. The van der Waals surface area contributed by atoms with Gasteiger partial charge in [0.1, 0.15) is 0 Å². The quantitative estimate of drug-likeness (QED) is 0.601. The van der Waals surface area contributed by atoms with Crippen LogP contribution < -0.4 is 10.6 Å². The molecule has 2 unspecified atom stereocenters. The average Bonchev–Trinajstić information content (AvgIpc) is 2.67. The average molecular weight is 457 g/mol. The summed E-state index contributed by atoms with van der Waals surface area (Å²) >= 11 is 5.85. The summed E-state index contributed by atoms with van der Waals surface area (Å²) in [5.41, 5.74) is -0.104. The van der Waals surface area contributed by atoms with Gasteiger partial charge in [-0.15, -0.1) is 0 Å². The topological polar surface area (TPSA) is 84.5 Å². The Hall–Kier alpha value is -3.07. The molecule has 10 heteroatoms. The number of carbonyl (C=O) groups excluding carboxylic acids is 3. The molecule has 6 nitrogen and oxygen atoms in total. The second-order valence-corrected chi connectivity index (χ2v) is 7.14. The number of alkyl halides is 3. The SMILES string of the molecule is CC(=O)NC(CC(=O)OC(C)C(=O)Nc1ccc(C(F)(F)F)cc1)c1ccc(Cl)cc1. The van der Waals surface area contributed by atoms with Crippen LogP contribution in [0.1, 0.15) is 37.4 Å². The second-order valence-electron chi connectivity index (χ2n) is 6.71. The molecule has 0 saturated heterocycles. The van der Waals surface area contributed by atoms with Gasteiger partial charge in [-0.1, -0.05) is 23.7 Å². The summed E-state index contributed by atoms with van der Waals surface area (Å²) in [4.78, 5) is 36.0. The highest BCUT2D eigenvalue weighted by Crippen LogP contribution is 2.29. The van der Waals surface area contributed by atoms with Gasteiger partial charge in [0.25, 0.3) is 5.91 Å². The highest BCUT2D eigenvalue weighted by atomic mass is 35.5. The van der Waals surface area contributed by atoms with E-state index in [2.05, 4.69) is 10.6 Å². The maximum absolute atomic E-state index is 12.6. The highest BCUT2D eigenvalue weighted by Gasteiger charge is 2.30. The van der Waals surface area contributed by atoms with Crippen molar-refractivity contribution in [2.45, 2.75) is 38.6 Å². The van der Waals surface area contributed by atoms with Crippen molar-refractivity contribution >= 4 is 35.1 Å². The van der Waals surface area contributed by atoms with Crippen molar-refractivity contribution in [2.75, 3.05) is 5.32 Å². The Kier molecular flexibility index (Phi) is 8.04. The van der Waals surface area contributed by atoms with E-state index in [0.29, 0.717) is 10.6 Å². The van der Waals surface area contributed by atoms with Crippen LogP contribution >= 0.6 is 11.6 Å². The second kappa shape index (κ2) is 10.3. The van der Waals surface area contributed by atoms with Crippen LogP contribution in [0.2, 0.25) is 5.02 Å². The third-order valence-electron chi connectivity index (χ3n) is 4.18. The van der Waals surface area contributed by atoms with Gasteiger partial charge in [-0.25, -0.2) is 0 Å². The summed E-state index contributed by atoms with van der Waals surface area (Å²) in [5, 5.41) is 5.50. The molecule has 2 aromatic rings. The van der Waals surface area contributed by atoms with Crippen LogP contribution in [-0.4, -0.2) is 23.9 Å². The van der Waals surface area contributed by atoms with Crippen molar-refractivity contribution in [1.82, 2.24) is 5.32 Å². The molecule has 31 heavy (non-hydrogen) atoms. The number of carbonyl (C=O) groups is 3. The van der Waals surface area contributed by atoms with Gasteiger partial charge in [-0.3, -0.25) is 14.4 Å². The minimum Gasteiger partial charge on any atom is -0.452 e. The number of benzene rings is 2. The van der Waals surface area contributed by atoms with Crippen molar-refractivity contribution in [3.8, 4) is 0 Å². The van der Waals surface area contributed by atoms with Crippen LogP contribution in [0.3, 0.4) is 0 Å². The number of esters is 1. The van der Waals surface area contributed by atoms with Crippen LogP contribution in [-0.2, 0) is 25.3 Å². The molecular formula is C21H20ClF3N2O4. The number of ether oxygens (including phenoxy) is 1. The summed E-state index contributed by atoms with van der Waals surface area (Å²) in [7, 11) is 0. The summed E-state index contributed by atoms with van der Waals surface area (Å²) in [6, 6.07) is 9.69. The van der Waals surface area contributed by atoms with Crippen LogP contribution in [0.15, 0.2) is 48.5 Å². The fourth-order valence-electron chi connectivity index (χ4n) is 2.64. The van der Waals surface area contributed by atoms with E-state index in [0.717, 1.165) is 24.3 Å². The maximum atomic E-state index is 12.6. The molecule has 0 fully saturated rings. The number of hydrogen-bond donors (Lipinski definition) is 2. The van der Waals surface area contributed by atoms with Crippen molar-refractivity contribution in [1.29, 1.82) is 0 Å². The normalized spacial score (nSPS) is 13.1. The first kappa shape index (κ1) is 24.2. The number of halogens is 4. The Morgan fingerprint density at radius 2 is 1.61 bits per heavy atom. The maximum Gasteiger partial charge on any atom is 0.416 e. The molecule has 0 aliphatic heterocycles. The monoisotopic (exact) mass is 456 g/mol. The number of hydrogen-bond acceptors (Lipinski definition) is 4. The fraction of sp³-hybridized carbons (Fsp3) is 0.286. The lowest BCUT2D eigenvalue weighted by molar-refractivity contribution is -0.153. The minimum absolute atomic E-state index is 0.123. The van der Waals surface area contributed by atoms with E-state index in [-0.39, 0.29) is 18.0 Å². The van der Waals surface area contributed by atoms with Crippen LogP contribution in [0.25, 0.3) is 0 Å². The Labute approximate surface area is 181 Å². The van der Waals surface area contributed by atoms with Gasteiger partial charge in [-0.2, -0.15) is 13.2 Å². The number of anilines is 1. The Morgan fingerprint density at radius 3 is 2.13 bits per heavy atom. The predicted octanol–water partition coefficient (Wildman–Crippen LogP) is 4.50. The molecule has 2 amide bonds. The standard InChI is InChI=1S/C21H20ClF3N2O4/c1-12(20(30)27-17-9-5-15(6-10-17)21(23,24)25)31-19(29)11-18(26-13(2)28)14-3-7-16(22)8-4-14/h3-10,12,18H,11H2,1-2H3,(H,26,28)(H,27,30). The van der Waals surface area contributed by atoms with Crippen molar-refractivity contribution in [3.63, 3.8) is 0 Å². The van der Waals surface area contributed by atoms with Crippen LogP contribution in [0.5, 0.6) is 0 Å². The van der Waals surface area contributed by atoms with Crippen LogP contribution in [0, 0.1) is 0 Å². The molecule has 0 aromatic heterocycles. The molecule has 0 heterocycles. The third-order valence-corrected chi connectivity index (χ3v) is 4.43. The molecular weight excluding hydrogens is 437 g/mol. The molecule has 0 radical (unpaired) electrons. The Morgan fingerprint density at radius 1 is 1.03 bits per heavy atom. The first-order valence-electron chi connectivity index (χ1n) is 9.16. The van der Waals surface area contributed by atoms with Crippen molar-refractivity contribution in [2.24, 2.45) is 0 Å². The van der Waals surface area contributed by atoms with E-state index in [1.54, 1.807) is 24.3 Å². The van der Waals surface area contributed by atoms with Gasteiger partial charge in [0.15, 0.2) is 6.10 Å². The molecule has 2 atom stereocenters. The van der Waals surface area contributed by atoms with Gasteiger partial charge in [0, 0.05) is 17.6 Å². The molecule has 2 aromatic carbocycles. The summed E-state index contributed by atoms with van der Waals surface area (Å²) in [5.74, 6) is -1.82. The number of rotatable bonds is 7. The first-order chi connectivity index (χ1) is 14.5. The Bertz CT molecular complexity index is 931. The van der Waals surface area contributed by atoms with E-state index in [9.17, 15) is 27.6 Å². The fourth-order valence-corrected chi connectivity index (χ4v) is 2.77. The van der Waals surface area contributed by atoms with E-state index >= 15 is 0 Å². The van der Waals surface area contributed by atoms with Crippen molar-refractivity contribution in [3.05, 3.63) is 64.7 Å². The number of amides is 2. The van der Waals surface area contributed by atoms with Gasteiger partial charge in [0.2, 0.25) is 5.91 Å². The van der Waals surface area contributed by atoms with Crippen molar-refractivity contribution < 1.29 is 32.3 Å². The van der Waals surface area contributed by atoms with Crippen LogP contribution in [0.4, 0.5) is 18.9 Å². The molecule has 2 N–H and O–H groups in total. The van der Waals surface area contributed by atoms with E-state index in [4.69, 9.17) is 16.3 Å². The largest absolute Gasteiger partial charge is 0.452 e. The Balaban J connectivity index is 1.96. The molecule has 166 valence electrons. The number of nitrogens with one attached hydrogen (secondary N) is 2. The molecule has 2 rings (SSSR count). The van der Waals surface area contributed by atoms with E-state index in [1.165, 1.54) is 13.8 Å².